The zero-order chi connectivity index (χ0) is 15.2. The minimum atomic E-state index is -0.358. The van der Waals surface area contributed by atoms with Crippen molar-refractivity contribution in [1.82, 2.24) is 14.9 Å². The van der Waals surface area contributed by atoms with E-state index in [0.717, 1.165) is 11.0 Å². The molecule has 1 aliphatic heterocycles. The molecule has 21 heavy (non-hydrogen) atoms. The summed E-state index contributed by atoms with van der Waals surface area (Å²) < 4.78 is 5.99. The summed E-state index contributed by atoms with van der Waals surface area (Å²) in [6, 6.07) is -0.358. The zero-order valence-electron chi connectivity index (χ0n) is 12.2. The SMILES string of the molecule is CCNc1ncnc(NC(C)C(=O)N2CCOCC2)c1Br. The molecule has 0 bridgehead atoms. The third-order valence-electron chi connectivity index (χ3n) is 3.18. The maximum atomic E-state index is 12.4. The van der Waals surface area contributed by atoms with Gasteiger partial charge in [0.2, 0.25) is 5.91 Å². The molecule has 1 aromatic rings. The van der Waals surface area contributed by atoms with E-state index in [2.05, 4.69) is 36.5 Å². The molecule has 1 atom stereocenters. The summed E-state index contributed by atoms with van der Waals surface area (Å²) in [6.07, 6.45) is 1.47. The Morgan fingerprint density at radius 1 is 1.43 bits per heavy atom. The van der Waals surface area contributed by atoms with Crippen molar-refractivity contribution in [3.63, 3.8) is 0 Å². The first-order valence-electron chi connectivity index (χ1n) is 7.01. The van der Waals surface area contributed by atoms with Crippen molar-refractivity contribution in [3.8, 4) is 0 Å². The van der Waals surface area contributed by atoms with Gasteiger partial charge in [-0.2, -0.15) is 0 Å². The molecule has 1 aliphatic rings. The van der Waals surface area contributed by atoms with Gasteiger partial charge in [-0.3, -0.25) is 4.79 Å². The van der Waals surface area contributed by atoms with E-state index < -0.39 is 0 Å². The van der Waals surface area contributed by atoms with Gasteiger partial charge in [0.15, 0.2) is 0 Å². The summed E-state index contributed by atoms with van der Waals surface area (Å²) >= 11 is 3.46. The molecule has 8 heteroatoms. The van der Waals surface area contributed by atoms with Crippen LogP contribution in [0.2, 0.25) is 0 Å². The van der Waals surface area contributed by atoms with Crippen LogP contribution in [0, 0.1) is 0 Å². The summed E-state index contributed by atoms with van der Waals surface area (Å²) in [5.74, 6) is 1.37. The van der Waals surface area contributed by atoms with Crippen LogP contribution in [0.4, 0.5) is 11.6 Å². The highest BCUT2D eigenvalue weighted by molar-refractivity contribution is 9.10. The first-order valence-corrected chi connectivity index (χ1v) is 7.80. The van der Waals surface area contributed by atoms with Gasteiger partial charge in [0.05, 0.1) is 13.2 Å². The molecule has 116 valence electrons. The Balaban J connectivity index is 2.03. The van der Waals surface area contributed by atoms with Gasteiger partial charge in [0.1, 0.15) is 28.5 Å². The number of halogens is 1. The molecule has 7 nitrogen and oxygen atoms in total. The number of aromatic nitrogens is 2. The predicted octanol–water partition coefficient (Wildman–Crippen LogP) is 1.33. The number of nitrogens with zero attached hydrogens (tertiary/aromatic N) is 3. The highest BCUT2D eigenvalue weighted by atomic mass is 79.9. The monoisotopic (exact) mass is 357 g/mol. The molecule has 1 fully saturated rings. The van der Waals surface area contributed by atoms with E-state index in [1.165, 1.54) is 6.33 Å². The van der Waals surface area contributed by atoms with Crippen molar-refractivity contribution in [1.29, 1.82) is 0 Å². The third kappa shape index (κ3) is 4.04. The maximum Gasteiger partial charge on any atom is 0.244 e. The molecule has 0 aromatic carbocycles. The lowest BCUT2D eigenvalue weighted by atomic mass is 10.2. The Labute approximate surface area is 132 Å². The van der Waals surface area contributed by atoms with Crippen LogP contribution in [0.3, 0.4) is 0 Å². The molecule has 1 unspecified atom stereocenters. The lowest BCUT2D eigenvalue weighted by Crippen LogP contribution is -2.47. The molecular weight excluding hydrogens is 338 g/mol. The van der Waals surface area contributed by atoms with Crippen molar-refractivity contribution in [2.45, 2.75) is 19.9 Å². The fraction of sp³-hybridized carbons (Fsp3) is 0.615. The van der Waals surface area contributed by atoms with E-state index in [-0.39, 0.29) is 11.9 Å². The quantitative estimate of drug-likeness (QED) is 0.827. The van der Waals surface area contributed by atoms with Gasteiger partial charge in [-0.1, -0.05) is 0 Å². The Morgan fingerprint density at radius 3 is 2.76 bits per heavy atom. The van der Waals surface area contributed by atoms with Crippen LogP contribution >= 0.6 is 15.9 Å². The Morgan fingerprint density at radius 2 is 2.10 bits per heavy atom. The Kier molecular flexibility index (Phi) is 5.75. The third-order valence-corrected chi connectivity index (χ3v) is 3.93. The van der Waals surface area contributed by atoms with Crippen molar-refractivity contribution in [3.05, 3.63) is 10.8 Å². The van der Waals surface area contributed by atoms with Crippen LogP contribution in [0.1, 0.15) is 13.8 Å². The predicted molar refractivity (Wildman–Crippen MR) is 84.4 cm³/mol. The van der Waals surface area contributed by atoms with Gasteiger partial charge in [-0.15, -0.1) is 0 Å². The topological polar surface area (TPSA) is 79.4 Å². The van der Waals surface area contributed by atoms with Crippen molar-refractivity contribution in [2.24, 2.45) is 0 Å². The lowest BCUT2D eigenvalue weighted by molar-refractivity contribution is -0.135. The second kappa shape index (κ2) is 7.56. The summed E-state index contributed by atoms with van der Waals surface area (Å²) in [7, 11) is 0. The minimum absolute atomic E-state index is 0.0498. The fourth-order valence-corrected chi connectivity index (χ4v) is 2.54. The average molecular weight is 358 g/mol. The molecule has 1 amide bonds. The van der Waals surface area contributed by atoms with E-state index in [9.17, 15) is 4.79 Å². The molecule has 0 aliphatic carbocycles. The van der Waals surface area contributed by atoms with Crippen LogP contribution < -0.4 is 10.6 Å². The number of ether oxygens (including phenoxy) is 1. The van der Waals surface area contributed by atoms with E-state index >= 15 is 0 Å². The fourth-order valence-electron chi connectivity index (χ4n) is 2.09. The number of carbonyl (C=O) groups is 1. The van der Waals surface area contributed by atoms with Crippen molar-refractivity contribution < 1.29 is 9.53 Å². The van der Waals surface area contributed by atoms with E-state index in [1.54, 1.807) is 0 Å². The van der Waals surface area contributed by atoms with Crippen LogP contribution in [-0.2, 0) is 9.53 Å². The normalized spacial score (nSPS) is 16.4. The van der Waals surface area contributed by atoms with Gasteiger partial charge in [-0.25, -0.2) is 9.97 Å². The van der Waals surface area contributed by atoms with Gasteiger partial charge in [0, 0.05) is 19.6 Å². The number of anilines is 2. The first-order chi connectivity index (χ1) is 10.1. The average Bonchev–Trinajstić information content (AvgIpc) is 2.51. The van der Waals surface area contributed by atoms with Crippen LogP contribution in [0.5, 0.6) is 0 Å². The number of morpholine rings is 1. The second-order valence-electron chi connectivity index (χ2n) is 4.72. The molecule has 0 radical (unpaired) electrons. The Bertz CT molecular complexity index is 493. The number of hydrogen-bond acceptors (Lipinski definition) is 6. The molecule has 2 rings (SSSR count). The van der Waals surface area contributed by atoms with Gasteiger partial charge < -0.3 is 20.3 Å². The van der Waals surface area contributed by atoms with Gasteiger partial charge in [-0.05, 0) is 29.8 Å². The number of rotatable bonds is 5. The molecule has 0 saturated carbocycles. The summed E-state index contributed by atoms with van der Waals surface area (Å²) in [6.45, 7) is 7.06. The van der Waals surface area contributed by atoms with E-state index in [4.69, 9.17) is 4.74 Å². The van der Waals surface area contributed by atoms with E-state index in [1.807, 2.05) is 18.7 Å². The van der Waals surface area contributed by atoms with E-state index in [0.29, 0.717) is 37.9 Å². The highest BCUT2D eigenvalue weighted by Crippen LogP contribution is 2.26. The molecule has 1 aromatic heterocycles. The molecule has 1 saturated heterocycles. The number of carbonyl (C=O) groups excluding carboxylic acids is 1. The number of amides is 1. The van der Waals surface area contributed by atoms with Crippen molar-refractivity contribution in [2.75, 3.05) is 43.5 Å². The molecule has 2 N–H and O–H groups in total. The Hall–Kier alpha value is -1.41. The van der Waals surface area contributed by atoms with Gasteiger partial charge in [0.25, 0.3) is 0 Å². The standard InChI is InChI=1S/C13H20BrN5O2/c1-3-15-11-10(14)12(17-8-16-11)18-9(2)13(20)19-4-6-21-7-5-19/h8-9H,3-7H2,1-2H3,(H2,15,16,17,18). The smallest absolute Gasteiger partial charge is 0.244 e. The second-order valence-corrected chi connectivity index (χ2v) is 5.51. The zero-order valence-corrected chi connectivity index (χ0v) is 13.8. The van der Waals surface area contributed by atoms with Crippen LogP contribution in [0.15, 0.2) is 10.8 Å². The van der Waals surface area contributed by atoms with Crippen molar-refractivity contribution >= 4 is 33.5 Å². The summed E-state index contributed by atoms with van der Waals surface area (Å²) in [5, 5.41) is 6.27. The minimum Gasteiger partial charge on any atom is -0.378 e. The molecular formula is C13H20BrN5O2. The summed E-state index contributed by atoms with van der Waals surface area (Å²) in [5.41, 5.74) is 0. The van der Waals surface area contributed by atoms with Gasteiger partial charge >= 0.3 is 0 Å². The number of nitrogens with one attached hydrogen (secondary N) is 2. The van der Waals surface area contributed by atoms with Crippen LogP contribution in [0.25, 0.3) is 0 Å². The largest absolute Gasteiger partial charge is 0.378 e. The maximum absolute atomic E-state index is 12.4. The lowest BCUT2D eigenvalue weighted by Gasteiger charge is -2.29. The van der Waals surface area contributed by atoms with Crippen LogP contribution in [-0.4, -0.2) is 59.7 Å². The number of hydrogen-bond donors (Lipinski definition) is 2. The molecule has 0 spiro atoms. The summed E-state index contributed by atoms with van der Waals surface area (Å²) in [4.78, 5) is 22.5. The molecule has 2 heterocycles. The first kappa shape index (κ1) is 16.0. The highest BCUT2D eigenvalue weighted by Gasteiger charge is 2.23.